The van der Waals surface area contributed by atoms with Crippen molar-refractivity contribution in [2.75, 3.05) is 26.2 Å². The first kappa shape index (κ1) is 11.3. The van der Waals surface area contributed by atoms with E-state index < -0.39 is 0 Å². The fourth-order valence-electron chi connectivity index (χ4n) is 1.55. The molecular formula is C11H13BrN2O2. The van der Waals surface area contributed by atoms with Crippen LogP contribution in [0.4, 0.5) is 4.79 Å². The molecule has 4 nitrogen and oxygen atoms in total. The van der Waals surface area contributed by atoms with Gasteiger partial charge >= 0.3 is 6.03 Å². The Bertz CT molecular complexity index is 384. The Hall–Kier alpha value is -1.23. The van der Waals surface area contributed by atoms with Gasteiger partial charge in [0.15, 0.2) is 0 Å². The van der Waals surface area contributed by atoms with Gasteiger partial charge in [0.05, 0.1) is 6.54 Å². The maximum absolute atomic E-state index is 11.2. The van der Waals surface area contributed by atoms with Crippen molar-refractivity contribution in [1.82, 2.24) is 10.2 Å². The lowest BCUT2D eigenvalue weighted by Crippen LogP contribution is -2.31. The van der Waals surface area contributed by atoms with Gasteiger partial charge in [-0.1, -0.05) is 22.0 Å². The normalized spacial score (nSPS) is 15.1. The lowest BCUT2D eigenvalue weighted by atomic mass is 10.3. The van der Waals surface area contributed by atoms with Crippen LogP contribution in [0.3, 0.4) is 0 Å². The van der Waals surface area contributed by atoms with Crippen molar-refractivity contribution < 1.29 is 9.53 Å². The Kier molecular flexibility index (Phi) is 3.66. The maximum Gasteiger partial charge on any atom is 0.317 e. The first-order valence-electron chi connectivity index (χ1n) is 5.17. The van der Waals surface area contributed by atoms with Crippen LogP contribution < -0.4 is 10.1 Å². The van der Waals surface area contributed by atoms with Crippen molar-refractivity contribution in [2.24, 2.45) is 0 Å². The number of urea groups is 1. The van der Waals surface area contributed by atoms with E-state index in [0.29, 0.717) is 13.2 Å². The molecule has 0 aliphatic carbocycles. The molecule has 16 heavy (non-hydrogen) atoms. The number of nitrogens with one attached hydrogen (secondary N) is 1. The van der Waals surface area contributed by atoms with Gasteiger partial charge in [-0.3, -0.25) is 0 Å². The second-order valence-corrected chi connectivity index (χ2v) is 4.44. The smallest absolute Gasteiger partial charge is 0.317 e. The average molecular weight is 285 g/mol. The molecule has 0 radical (unpaired) electrons. The van der Waals surface area contributed by atoms with E-state index in [-0.39, 0.29) is 6.03 Å². The molecule has 1 fully saturated rings. The fraction of sp³-hybridized carbons (Fsp3) is 0.364. The zero-order valence-electron chi connectivity index (χ0n) is 8.78. The zero-order valence-corrected chi connectivity index (χ0v) is 10.4. The standard InChI is InChI=1S/C11H13BrN2O2/c12-9-2-1-3-10(8-9)16-7-6-14-5-4-13-11(14)15/h1-3,8H,4-7H2,(H,13,15). The molecule has 5 heteroatoms. The number of rotatable bonds is 4. The Morgan fingerprint density at radius 2 is 2.38 bits per heavy atom. The second-order valence-electron chi connectivity index (χ2n) is 3.52. The Morgan fingerprint density at radius 1 is 1.50 bits per heavy atom. The van der Waals surface area contributed by atoms with E-state index in [1.807, 2.05) is 24.3 Å². The molecule has 2 amide bonds. The van der Waals surface area contributed by atoms with E-state index in [1.54, 1.807) is 4.90 Å². The quantitative estimate of drug-likeness (QED) is 0.917. The third kappa shape index (κ3) is 2.88. The number of carbonyl (C=O) groups is 1. The number of hydrogen-bond donors (Lipinski definition) is 1. The van der Waals surface area contributed by atoms with Gasteiger partial charge < -0.3 is 15.0 Å². The molecule has 1 heterocycles. The highest BCUT2D eigenvalue weighted by Crippen LogP contribution is 2.17. The van der Waals surface area contributed by atoms with Crippen molar-refractivity contribution in [3.8, 4) is 5.75 Å². The van der Waals surface area contributed by atoms with Gasteiger partial charge in [-0.15, -0.1) is 0 Å². The lowest BCUT2D eigenvalue weighted by molar-refractivity contribution is 0.202. The van der Waals surface area contributed by atoms with Crippen LogP contribution in [0, 0.1) is 0 Å². The largest absolute Gasteiger partial charge is 0.492 e. The topological polar surface area (TPSA) is 41.6 Å². The highest BCUT2D eigenvalue weighted by molar-refractivity contribution is 9.10. The van der Waals surface area contributed by atoms with E-state index >= 15 is 0 Å². The van der Waals surface area contributed by atoms with Crippen LogP contribution in [-0.2, 0) is 0 Å². The summed E-state index contributed by atoms with van der Waals surface area (Å²) in [5, 5.41) is 2.75. The highest BCUT2D eigenvalue weighted by atomic mass is 79.9. The minimum atomic E-state index is -0.00200. The molecule has 0 spiro atoms. The number of benzene rings is 1. The van der Waals surface area contributed by atoms with E-state index in [9.17, 15) is 4.79 Å². The highest BCUT2D eigenvalue weighted by Gasteiger charge is 2.18. The molecule has 0 unspecified atom stereocenters. The van der Waals surface area contributed by atoms with Gasteiger partial charge in [0.1, 0.15) is 12.4 Å². The molecule has 0 saturated carbocycles. The Morgan fingerprint density at radius 3 is 3.06 bits per heavy atom. The van der Waals surface area contributed by atoms with Crippen LogP contribution >= 0.6 is 15.9 Å². The predicted octanol–water partition coefficient (Wildman–Crippen LogP) is 1.85. The van der Waals surface area contributed by atoms with Crippen LogP contribution in [0.5, 0.6) is 5.75 Å². The van der Waals surface area contributed by atoms with Gasteiger partial charge in [-0.05, 0) is 18.2 Å². The van der Waals surface area contributed by atoms with Gasteiger partial charge in [0, 0.05) is 17.6 Å². The molecular weight excluding hydrogens is 272 g/mol. The van der Waals surface area contributed by atoms with Crippen LogP contribution in [0.1, 0.15) is 0 Å². The Balaban J connectivity index is 1.77. The van der Waals surface area contributed by atoms with E-state index in [1.165, 1.54) is 0 Å². The molecule has 0 atom stereocenters. The molecule has 0 aromatic heterocycles. The summed E-state index contributed by atoms with van der Waals surface area (Å²) >= 11 is 3.38. The van der Waals surface area contributed by atoms with Crippen LogP contribution in [0.15, 0.2) is 28.7 Å². The minimum absolute atomic E-state index is 0.00200. The van der Waals surface area contributed by atoms with Crippen molar-refractivity contribution >= 4 is 22.0 Å². The summed E-state index contributed by atoms with van der Waals surface area (Å²) in [7, 11) is 0. The first-order chi connectivity index (χ1) is 7.75. The summed E-state index contributed by atoms with van der Waals surface area (Å²) in [6, 6.07) is 7.67. The average Bonchev–Trinajstić information content (AvgIpc) is 2.65. The van der Waals surface area contributed by atoms with Crippen LogP contribution in [0.25, 0.3) is 0 Å². The van der Waals surface area contributed by atoms with E-state index in [4.69, 9.17) is 4.74 Å². The summed E-state index contributed by atoms with van der Waals surface area (Å²) < 4.78 is 6.54. The molecule has 1 aromatic rings. The van der Waals surface area contributed by atoms with Gasteiger partial charge in [-0.25, -0.2) is 4.79 Å². The van der Waals surface area contributed by atoms with Crippen molar-refractivity contribution in [2.45, 2.75) is 0 Å². The second kappa shape index (κ2) is 5.21. The van der Waals surface area contributed by atoms with Crippen LogP contribution in [0.2, 0.25) is 0 Å². The molecule has 1 aliphatic rings. The summed E-state index contributed by atoms with van der Waals surface area (Å²) in [5.74, 6) is 0.814. The summed E-state index contributed by atoms with van der Waals surface area (Å²) in [5.41, 5.74) is 0. The number of halogens is 1. The van der Waals surface area contributed by atoms with Gasteiger partial charge in [0.25, 0.3) is 0 Å². The van der Waals surface area contributed by atoms with Gasteiger partial charge in [0.2, 0.25) is 0 Å². The number of hydrogen-bond acceptors (Lipinski definition) is 2. The summed E-state index contributed by atoms with van der Waals surface area (Å²) in [6.07, 6.45) is 0. The Labute approximate surface area is 103 Å². The monoisotopic (exact) mass is 284 g/mol. The number of ether oxygens (including phenoxy) is 1. The molecule has 1 N–H and O–H groups in total. The summed E-state index contributed by atoms with van der Waals surface area (Å²) in [4.78, 5) is 13.0. The number of amides is 2. The predicted molar refractivity (Wildman–Crippen MR) is 64.6 cm³/mol. The van der Waals surface area contributed by atoms with E-state index in [0.717, 1.165) is 23.3 Å². The zero-order chi connectivity index (χ0) is 11.4. The van der Waals surface area contributed by atoms with Crippen LogP contribution in [-0.4, -0.2) is 37.2 Å². The number of carbonyl (C=O) groups excluding carboxylic acids is 1. The molecule has 1 aromatic carbocycles. The summed E-state index contributed by atoms with van der Waals surface area (Å²) in [6.45, 7) is 2.64. The first-order valence-corrected chi connectivity index (χ1v) is 5.96. The van der Waals surface area contributed by atoms with Crippen molar-refractivity contribution in [1.29, 1.82) is 0 Å². The molecule has 1 saturated heterocycles. The molecule has 1 aliphatic heterocycles. The molecule has 0 bridgehead atoms. The SMILES string of the molecule is O=C1NCCN1CCOc1cccc(Br)c1. The van der Waals surface area contributed by atoms with Gasteiger partial charge in [-0.2, -0.15) is 0 Å². The number of nitrogens with zero attached hydrogens (tertiary/aromatic N) is 1. The molecule has 86 valence electrons. The van der Waals surface area contributed by atoms with E-state index in [2.05, 4.69) is 21.2 Å². The van der Waals surface area contributed by atoms with Crippen molar-refractivity contribution in [3.63, 3.8) is 0 Å². The molecule has 2 rings (SSSR count). The lowest BCUT2D eigenvalue weighted by Gasteiger charge is -2.14. The minimum Gasteiger partial charge on any atom is -0.492 e. The third-order valence-electron chi connectivity index (χ3n) is 2.37. The van der Waals surface area contributed by atoms with Crippen molar-refractivity contribution in [3.05, 3.63) is 28.7 Å². The fourth-order valence-corrected chi connectivity index (χ4v) is 1.93. The third-order valence-corrected chi connectivity index (χ3v) is 2.86. The maximum atomic E-state index is 11.2.